The molecule has 0 radical (unpaired) electrons. The van der Waals surface area contributed by atoms with E-state index in [0.29, 0.717) is 5.69 Å². The number of aryl methyl sites for hydroxylation is 1. The average Bonchev–Trinajstić information content (AvgIpc) is 2.82. The number of thiazole rings is 1. The molecule has 0 unspecified atom stereocenters. The topological polar surface area (TPSA) is 50.2 Å². The van der Waals surface area contributed by atoms with Crippen molar-refractivity contribution in [3.8, 4) is 10.6 Å². The smallest absolute Gasteiger partial charge is 0.315 e. The van der Waals surface area contributed by atoms with Crippen LogP contribution in [0.3, 0.4) is 0 Å². The summed E-state index contributed by atoms with van der Waals surface area (Å²) >= 11 is 1.50. The Morgan fingerprint density at radius 3 is 2.63 bits per heavy atom. The first-order chi connectivity index (χ1) is 8.84. The van der Waals surface area contributed by atoms with Crippen LogP contribution in [-0.2, 0) is 10.2 Å². The van der Waals surface area contributed by atoms with Crippen molar-refractivity contribution in [3.05, 3.63) is 40.4 Å². The highest BCUT2D eigenvalue weighted by Crippen LogP contribution is 2.32. The second kappa shape index (κ2) is 4.78. The zero-order valence-corrected chi connectivity index (χ0v) is 12.3. The Kier molecular flexibility index (Phi) is 3.45. The van der Waals surface area contributed by atoms with Crippen molar-refractivity contribution < 1.29 is 9.90 Å². The molecule has 100 valence electrons. The molecular formula is C15H17NO2S. The molecule has 0 fully saturated rings. The molecule has 0 amide bonds. The van der Waals surface area contributed by atoms with Crippen molar-refractivity contribution in [1.29, 1.82) is 0 Å². The Morgan fingerprint density at radius 1 is 1.32 bits per heavy atom. The van der Waals surface area contributed by atoms with Crippen LogP contribution in [0.2, 0.25) is 0 Å². The van der Waals surface area contributed by atoms with Crippen molar-refractivity contribution >= 4 is 17.3 Å². The molecule has 0 bridgehead atoms. The first-order valence-electron chi connectivity index (χ1n) is 6.10. The van der Waals surface area contributed by atoms with Gasteiger partial charge in [-0.1, -0.05) is 18.2 Å². The van der Waals surface area contributed by atoms with Crippen molar-refractivity contribution in [2.24, 2.45) is 0 Å². The minimum Gasteiger partial charge on any atom is -0.481 e. The third-order valence-corrected chi connectivity index (χ3v) is 4.39. The van der Waals surface area contributed by atoms with E-state index in [0.717, 1.165) is 10.6 Å². The quantitative estimate of drug-likeness (QED) is 0.927. The van der Waals surface area contributed by atoms with Crippen LogP contribution in [0.4, 0.5) is 0 Å². The van der Waals surface area contributed by atoms with Gasteiger partial charge >= 0.3 is 5.97 Å². The van der Waals surface area contributed by atoms with Crippen LogP contribution in [0.15, 0.2) is 23.6 Å². The van der Waals surface area contributed by atoms with E-state index in [-0.39, 0.29) is 0 Å². The monoisotopic (exact) mass is 275 g/mol. The molecule has 0 saturated heterocycles. The molecule has 1 heterocycles. The van der Waals surface area contributed by atoms with Gasteiger partial charge in [-0.3, -0.25) is 4.79 Å². The normalized spacial score (nSPS) is 11.6. The molecule has 0 saturated carbocycles. The maximum atomic E-state index is 11.3. The second-order valence-electron chi connectivity index (χ2n) is 5.22. The highest BCUT2D eigenvalue weighted by molar-refractivity contribution is 7.13. The molecular weight excluding hydrogens is 258 g/mol. The third-order valence-electron chi connectivity index (χ3n) is 3.51. The summed E-state index contributed by atoms with van der Waals surface area (Å²) in [5.41, 5.74) is 3.15. The number of carbonyl (C=O) groups is 1. The summed E-state index contributed by atoms with van der Waals surface area (Å²) in [6, 6.07) is 6.09. The van der Waals surface area contributed by atoms with Crippen molar-refractivity contribution in [2.75, 3.05) is 0 Å². The lowest BCUT2D eigenvalue weighted by Gasteiger charge is -2.15. The minimum absolute atomic E-state index is 0.612. The molecule has 0 spiro atoms. The lowest BCUT2D eigenvalue weighted by Crippen LogP contribution is -2.28. The van der Waals surface area contributed by atoms with E-state index < -0.39 is 11.4 Å². The summed E-state index contributed by atoms with van der Waals surface area (Å²) in [7, 11) is 0. The van der Waals surface area contributed by atoms with Crippen LogP contribution in [0.5, 0.6) is 0 Å². The van der Waals surface area contributed by atoms with Crippen LogP contribution in [-0.4, -0.2) is 16.1 Å². The fraction of sp³-hybridized carbons (Fsp3) is 0.333. The molecule has 19 heavy (non-hydrogen) atoms. The first kappa shape index (κ1) is 13.7. The molecule has 2 rings (SSSR count). The number of carboxylic acid groups (broad SMARTS) is 1. The summed E-state index contributed by atoms with van der Waals surface area (Å²) in [6.07, 6.45) is 0. The zero-order valence-electron chi connectivity index (χ0n) is 11.5. The first-order valence-corrected chi connectivity index (χ1v) is 6.98. The SMILES string of the molecule is Cc1cccc(-c2nc(C(C)(C)C(=O)O)cs2)c1C. The molecule has 1 N–H and O–H groups in total. The van der Waals surface area contributed by atoms with E-state index in [1.165, 1.54) is 22.5 Å². The maximum absolute atomic E-state index is 11.3. The summed E-state index contributed by atoms with van der Waals surface area (Å²) in [6.45, 7) is 7.48. The maximum Gasteiger partial charge on any atom is 0.315 e. The van der Waals surface area contributed by atoms with Crippen molar-refractivity contribution in [3.63, 3.8) is 0 Å². The van der Waals surface area contributed by atoms with Gasteiger partial charge in [0.25, 0.3) is 0 Å². The molecule has 0 aliphatic heterocycles. The van der Waals surface area contributed by atoms with Gasteiger partial charge in [0.15, 0.2) is 0 Å². The molecule has 1 aromatic carbocycles. The molecule has 1 aromatic heterocycles. The van der Waals surface area contributed by atoms with Crippen LogP contribution in [0, 0.1) is 13.8 Å². The lowest BCUT2D eigenvalue weighted by molar-refractivity contribution is -0.142. The van der Waals surface area contributed by atoms with Crippen molar-refractivity contribution in [2.45, 2.75) is 33.1 Å². The Labute approximate surface area is 116 Å². The summed E-state index contributed by atoms with van der Waals surface area (Å²) in [5.74, 6) is -0.856. The Bertz CT molecular complexity index is 629. The average molecular weight is 275 g/mol. The Balaban J connectivity index is 2.47. The van der Waals surface area contributed by atoms with Gasteiger partial charge in [-0.2, -0.15) is 0 Å². The number of nitrogens with zero attached hydrogens (tertiary/aromatic N) is 1. The lowest BCUT2D eigenvalue weighted by atomic mass is 9.90. The molecule has 4 heteroatoms. The number of benzene rings is 1. The fourth-order valence-electron chi connectivity index (χ4n) is 1.78. The third kappa shape index (κ3) is 2.40. The standard InChI is InChI=1S/C15H17NO2S/c1-9-6-5-7-11(10(9)2)13-16-12(8-19-13)15(3,4)14(17)18/h5-8H,1-4H3,(H,17,18). The fourth-order valence-corrected chi connectivity index (χ4v) is 2.85. The predicted molar refractivity (Wildman–Crippen MR) is 77.7 cm³/mol. The van der Waals surface area contributed by atoms with Gasteiger partial charge in [0.1, 0.15) is 10.4 Å². The number of aliphatic carboxylic acids is 1. The number of carboxylic acids is 1. The van der Waals surface area contributed by atoms with E-state index in [9.17, 15) is 9.90 Å². The predicted octanol–water partition coefficient (Wildman–Crippen LogP) is 3.79. The largest absolute Gasteiger partial charge is 0.481 e. The Hall–Kier alpha value is -1.68. The van der Waals surface area contributed by atoms with Crippen LogP contribution in [0.1, 0.15) is 30.7 Å². The summed E-state index contributed by atoms with van der Waals surface area (Å²) in [5, 5.41) is 12.0. The van der Waals surface area contributed by atoms with E-state index in [2.05, 4.69) is 24.9 Å². The van der Waals surface area contributed by atoms with Crippen LogP contribution in [0.25, 0.3) is 10.6 Å². The van der Waals surface area contributed by atoms with Gasteiger partial charge < -0.3 is 5.11 Å². The summed E-state index contributed by atoms with van der Waals surface area (Å²) in [4.78, 5) is 15.8. The van der Waals surface area contributed by atoms with Crippen LogP contribution < -0.4 is 0 Å². The zero-order chi connectivity index (χ0) is 14.2. The molecule has 2 aromatic rings. The van der Waals surface area contributed by atoms with Crippen molar-refractivity contribution in [1.82, 2.24) is 4.98 Å². The number of hydrogen-bond acceptors (Lipinski definition) is 3. The second-order valence-corrected chi connectivity index (χ2v) is 6.07. The minimum atomic E-state index is -0.952. The molecule has 0 aliphatic rings. The van der Waals surface area contributed by atoms with Gasteiger partial charge in [-0.15, -0.1) is 11.3 Å². The Morgan fingerprint density at radius 2 is 2.00 bits per heavy atom. The number of aromatic nitrogens is 1. The molecule has 0 aliphatic carbocycles. The molecule has 0 atom stereocenters. The summed E-state index contributed by atoms with van der Waals surface area (Å²) < 4.78 is 0. The number of rotatable bonds is 3. The van der Waals surface area contributed by atoms with E-state index in [1.807, 2.05) is 17.5 Å². The van der Waals surface area contributed by atoms with Gasteiger partial charge in [0.05, 0.1) is 5.69 Å². The van der Waals surface area contributed by atoms with E-state index in [1.54, 1.807) is 13.8 Å². The highest BCUT2D eigenvalue weighted by atomic mass is 32.1. The molecule has 3 nitrogen and oxygen atoms in total. The van der Waals surface area contributed by atoms with Gasteiger partial charge in [0.2, 0.25) is 0 Å². The highest BCUT2D eigenvalue weighted by Gasteiger charge is 2.32. The van der Waals surface area contributed by atoms with Gasteiger partial charge in [-0.25, -0.2) is 4.98 Å². The van der Waals surface area contributed by atoms with Gasteiger partial charge in [0, 0.05) is 10.9 Å². The van der Waals surface area contributed by atoms with Crippen LogP contribution >= 0.6 is 11.3 Å². The van der Waals surface area contributed by atoms with E-state index in [4.69, 9.17) is 0 Å². The number of hydrogen-bond donors (Lipinski definition) is 1. The van der Waals surface area contributed by atoms with E-state index >= 15 is 0 Å². The van der Waals surface area contributed by atoms with Gasteiger partial charge in [-0.05, 0) is 38.8 Å².